The number of carbonyl (C=O) groups is 2. The van der Waals surface area contributed by atoms with Crippen molar-refractivity contribution in [3.8, 4) is 11.5 Å². The number of unbranched alkanes of at least 4 members (excludes halogenated alkanes) is 20. The quantitative estimate of drug-likeness (QED) is 0.0518. The molecule has 0 spiro atoms. The lowest BCUT2D eigenvalue weighted by molar-refractivity contribution is -0.152. The Bertz CT molecular complexity index is 1200. The Morgan fingerprint density at radius 3 is 1.00 bits per heavy atom. The minimum Gasteiger partial charge on any atom is -0.508 e. The van der Waals surface area contributed by atoms with E-state index in [-0.39, 0.29) is 30.6 Å². The topological polar surface area (TPSA) is 93.1 Å². The second-order valence-electron chi connectivity index (χ2n) is 18.5. The lowest BCUT2D eigenvalue weighted by Gasteiger charge is -2.23. The zero-order valence-electron chi connectivity index (χ0n) is 38.4. The predicted molar refractivity (Wildman–Crippen MR) is 247 cm³/mol. The van der Waals surface area contributed by atoms with Gasteiger partial charge < -0.3 is 19.7 Å². The van der Waals surface area contributed by atoms with E-state index in [0.29, 0.717) is 36.2 Å². The Kier molecular flexibility index (Phi) is 29.7. The van der Waals surface area contributed by atoms with E-state index < -0.39 is 0 Å². The molecule has 2 aromatic carbocycles. The second-order valence-corrected chi connectivity index (χ2v) is 18.5. The van der Waals surface area contributed by atoms with Gasteiger partial charge in [-0.15, -0.1) is 0 Å². The van der Waals surface area contributed by atoms with Crippen molar-refractivity contribution < 1.29 is 29.3 Å². The van der Waals surface area contributed by atoms with E-state index in [4.69, 9.17) is 9.47 Å². The largest absolute Gasteiger partial charge is 0.508 e. The number of aromatic hydroxyl groups is 2. The van der Waals surface area contributed by atoms with Crippen molar-refractivity contribution in [3.63, 3.8) is 0 Å². The average molecular weight is 821 g/mol. The Morgan fingerprint density at radius 1 is 0.441 bits per heavy atom. The number of carbonyl (C=O) groups excluding carboxylic acids is 2. The van der Waals surface area contributed by atoms with Crippen molar-refractivity contribution in [2.75, 3.05) is 13.2 Å². The molecule has 0 saturated carbocycles. The number of rotatable bonds is 38. The van der Waals surface area contributed by atoms with Gasteiger partial charge in [-0.3, -0.25) is 9.59 Å². The molecule has 0 aliphatic rings. The highest BCUT2D eigenvalue weighted by Gasteiger charge is 2.23. The molecule has 0 bridgehead atoms. The van der Waals surface area contributed by atoms with Gasteiger partial charge in [-0.2, -0.15) is 0 Å². The Balaban J connectivity index is 1.33. The molecule has 0 aromatic heterocycles. The molecule has 6 nitrogen and oxygen atoms in total. The molecule has 2 N–H and O–H groups in total. The van der Waals surface area contributed by atoms with Crippen LogP contribution in [0.15, 0.2) is 48.5 Å². The van der Waals surface area contributed by atoms with Crippen LogP contribution in [-0.4, -0.2) is 35.4 Å². The molecule has 0 aliphatic heterocycles. The molecule has 2 unspecified atom stereocenters. The van der Waals surface area contributed by atoms with Crippen LogP contribution >= 0.6 is 0 Å². The summed E-state index contributed by atoms with van der Waals surface area (Å²) >= 11 is 0. The van der Waals surface area contributed by atoms with Crippen LogP contribution in [0.4, 0.5) is 0 Å². The van der Waals surface area contributed by atoms with Crippen molar-refractivity contribution in [1.29, 1.82) is 0 Å². The molecule has 0 heterocycles. The summed E-state index contributed by atoms with van der Waals surface area (Å²) in [5, 5.41) is 19.2. The lowest BCUT2D eigenvalue weighted by atomic mass is 9.89. The smallest absolute Gasteiger partial charge is 0.305 e. The first-order valence-electron chi connectivity index (χ1n) is 24.5. The van der Waals surface area contributed by atoms with Crippen LogP contribution in [0.1, 0.15) is 243 Å². The molecule has 336 valence electrons. The Hall–Kier alpha value is -3.02. The fraction of sp³-hybridized carbons (Fsp3) is 0.736. The fourth-order valence-corrected chi connectivity index (χ4v) is 8.39. The van der Waals surface area contributed by atoms with Gasteiger partial charge >= 0.3 is 11.9 Å². The zero-order chi connectivity index (χ0) is 42.8. The van der Waals surface area contributed by atoms with E-state index in [1.165, 1.54) is 165 Å². The van der Waals surface area contributed by atoms with Crippen LogP contribution in [0.2, 0.25) is 0 Å². The highest BCUT2D eigenvalue weighted by atomic mass is 16.5. The van der Waals surface area contributed by atoms with Gasteiger partial charge in [0.25, 0.3) is 0 Å². The van der Waals surface area contributed by atoms with Crippen LogP contribution in [0.5, 0.6) is 11.5 Å². The van der Waals surface area contributed by atoms with Crippen molar-refractivity contribution in [3.05, 3.63) is 59.7 Å². The molecule has 0 radical (unpaired) electrons. The summed E-state index contributed by atoms with van der Waals surface area (Å²) in [6, 6.07) is 15.6. The van der Waals surface area contributed by atoms with E-state index >= 15 is 0 Å². The normalized spacial score (nSPS) is 12.7. The van der Waals surface area contributed by atoms with Crippen LogP contribution in [-0.2, 0) is 19.1 Å². The first-order chi connectivity index (χ1) is 28.6. The molecular weight excluding hydrogens is 733 g/mol. The van der Waals surface area contributed by atoms with E-state index in [1.54, 1.807) is 0 Å². The predicted octanol–water partition coefficient (Wildman–Crippen LogP) is 15.8. The third-order valence-corrected chi connectivity index (χ3v) is 12.1. The van der Waals surface area contributed by atoms with E-state index in [1.807, 2.05) is 38.1 Å². The molecule has 0 amide bonds. The Labute approximate surface area is 362 Å². The van der Waals surface area contributed by atoms with E-state index in [0.717, 1.165) is 25.7 Å². The summed E-state index contributed by atoms with van der Waals surface area (Å²) in [4.78, 5) is 24.7. The van der Waals surface area contributed by atoms with Gasteiger partial charge in [0.2, 0.25) is 0 Å². The summed E-state index contributed by atoms with van der Waals surface area (Å²) in [6.45, 7) is 9.03. The number of ether oxygens (including phenoxy) is 2. The van der Waals surface area contributed by atoms with Gasteiger partial charge in [-0.05, 0) is 85.8 Å². The molecule has 2 atom stereocenters. The maximum Gasteiger partial charge on any atom is 0.305 e. The number of phenolic OH excluding ortho intramolecular Hbond substituents is 2. The molecule has 2 aromatic rings. The zero-order valence-corrected chi connectivity index (χ0v) is 38.4. The number of esters is 2. The highest BCUT2D eigenvalue weighted by molar-refractivity contribution is 5.69. The summed E-state index contributed by atoms with van der Waals surface area (Å²) in [5.74, 6) is 1.64. The molecule has 0 aliphatic carbocycles. The SMILES string of the molecule is CCCC(CCCCCCCCCCCCCC(=O)OCC(C)(C)COC(=O)CCCCCCCCCCCCCC(CCC)c1ccc(O)cc1)c1ccc(O)cc1. The minimum absolute atomic E-state index is 0.146. The molecule has 0 saturated heterocycles. The number of hydrogen-bond acceptors (Lipinski definition) is 6. The van der Waals surface area contributed by atoms with Crippen molar-refractivity contribution in [2.24, 2.45) is 5.41 Å². The third kappa shape index (κ3) is 27.4. The summed E-state index contributed by atoms with van der Waals surface area (Å²) < 4.78 is 11.1. The van der Waals surface area contributed by atoms with E-state index in [2.05, 4.69) is 38.1 Å². The monoisotopic (exact) mass is 821 g/mol. The first-order valence-corrected chi connectivity index (χ1v) is 24.5. The fourth-order valence-electron chi connectivity index (χ4n) is 8.39. The number of phenols is 2. The lowest BCUT2D eigenvalue weighted by Crippen LogP contribution is -2.28. The van der Waals surface area contributed by atoms with Gasteiger partial charge in [-0.1, -0.05) is 193 Å². The van der Waals surface area contributed by atoms with Crippen LogP contribution in [0.25, 0.3) is 0 Å². The van der Waals surface area contributed by atoms with Crippen LogP contribution in [0, 0.1) is 5.41 Å². The second kappa shape index (κ2) is 33.7. The maximum atomic E-state index is 12.3. The first kappa shape index (κ1) is 52.1. The maximum absolute atomic E-state index is 12.3. The average Bonchev–Trinajstić information content (AvgIpc) is 3.22. The molecule has 2 rings (SSSR count). The summed E-state index contributed by atoms with van der Waals surface area (Å²) in [7, 11) is 0. The number of benzene rings is 2. The van der Waals surface area contributed by atoms with Crippen molar-refractivity contribution >= 4 is 11.9 Å². The minimum atomic E-state index is -0.387. The Morgan fingerprint density at radius 2 is 0.712 bits per heavy atom. The van der Waals surface area contributed by atoms with Gasteiger partial charge in [0.15, 0.2) is 0 Å². The van der Waals surface area contributed by atoms with Gasteiger partial charge in [0.05, 0.1) is 13.2 Å². The van der Waals surface area contributed by atoms with Gasteiger partial charge in [0, 0.05) is 18.3 Å². The number of hydrogen-bond donors (Lipinski definition) is 2. The third-order valence-electron chi connectivity index (χ3n) is 12.1. The van der Waals surface area contributed by atoms with Crippen LogP contribution in [0.3, 0.4) is 0 Å². The highest BCUT2D eigenvalue weighted by Crippen LogP contribution is 2.30. The molecular formula is C53H88O6. The van der Waals surface area contributed by atoms with Crippen LogP contribution < -0.4 is 0 Å². The summed E-state index contributed by atoms with van der Waals surface area (Å²) in [5.41, 5.74) is 2.35. The standard InChI is InChI=1S/C53H88O6/c1-5-29-45(47-35-39-49(54)40-36-47)31-25-21-17-13-9-7-11-15-19-23-27-33-51(56)58-43-53(3,4)44-59-52(57)34-28-24-20-16-12-8-10-14-18-22-26-32-46(30-6-2)48-37-41-50(55)42-38-48/h35-42,45-46,54-55H,5-34,43-44H2,1-4H3. The molecule has 6 heteroatoms. The summed E-state index contributed by atoms with van der Waals surface area (Å²) in [6.07, 6.45) is 35.3. The van der Waals surface area contributed by atoms with Gasteiger partial charge in [-0.25, -0.2) is 0 Å². The molecule has 0 fully saturated rings. The van der Waals surface area contributed by atoms with E-state index in [9.17, 15) is 19.8 Å². The molecule has 59 heavy (non-hydrogen) atoms. The van der Waals surface area contributed by atoms with Gasteiger partial charge in [0.1, 0.15) is 11.5 Å². The van der Waals surface area contributed by atoms with Crippen molar-refractivity contribution in [1.82, 2.24) is 0 Å². The van der Waals surface area contributed by atoms with Crippen molar-refractivity contribution in [2.45, 2.75) is 232 Å².